The molecule has 4 heteroatoms. The number of amides is 1. The second kappa shape index (κ2) is 12.0. The fraction of sp³-hybridized carbons (Fsp3) is 0.500. The molecule has 2 aromatic carbocycles. The molecule has 2 fully saturated rings. The summed E-state index contributed by atoms with van der Waals surface area (Å²) in [5.41, 5.74) is 7.34. The summed E-state index contributed by atoms with van der Waals surface area (Å²) in [6, 6.07) is 18.9. The Bertz CT molecular complexity index is 857. The monoisotopic (exact) mass is 431 g/mol. The van der Waals surface area contributed by atoms with Gasteiger partial charge < -0.3 is 0 Å². The van der Waals surface area contributed by atoms with Crippen molar-refractivity contribution in [2.75, 3.05) is 13.1 Å². The summed E-state index contributed by atoms with van der Waals surface area (Å²) in [5, 5.41) is 4.42. The fourth-order valence-electron chi connectivity index (χ4n) is 4.94. The zero-order valence-corrected chi connectivity index (χ0v) is 19.3. The summed E-state index contributed by atoms with van der Waals surface area (Å²) in [6.45, 7) is 3.26. The van der Waals surface area contributed by atoms with Crippen molar-refractivity contribution in [1.82, 2.24) is 10.3 Å². The number of benzene rings is 2. The highest BCUT2D eigenvalue weighted by Gasteiger charge is 2.19. The van der Waals surface area contributed by atoms with E-state index < -0.39 is 0 Å². The van der Waals surface area contributed by atoms with Crippen LogP contribution in [-0.2, 0) is 13.0 Å². The Balaban J connectivity index is 1.22. The molecule has 1 N–H and O–H groups in total. The van der Waals surface area contributed by atoms with Crippen LogP contribution in [0.1, 0.15) is 79.3 Å². The summed E-state index contributed by atoms with van der Waals surface area (Å²) in [4.78, 5) is 15.0. The highest BCUT2D eigenvalue weighted by molar-refractivity contribution is 5.95. The Hall–Kier alpha value is -2.46. The Morgan fingerprint density at radius 3 is 2.19 bits per heavy atom. The third kappa shape index (κ3) is 7.03. The molecule has 32 heavy (non-hydrogen) atoms. The lowest BCUT2D eigenvalue weighted by Gasteiger charge is -2.32. The molecule has 0 radical (unpaired) electrons. The Kier molecular flexibility index (Phi) is 8.49. The molecule has 2 aromatic rings. The van der Waals surface area contributed by atoms with E-state index in [1.807, 2.05) is 12.1 Å². The first-order chi connectivity index (χ1) is 15.8. The second-order valence-corrected chi connectivity index (χ2v) is 9.49. The van der Waals surface area contributed by atoms with Crippen LogP contribution in [0.4, 0.5) is 0 Å². The van der Waals surface area contributed by atoms with Gasteiger partial charge in [-0.05, 0) is 87.2 Å². The molecule has 2 aliphatic rings. The molecule has 0 atom stereocenters. The molecule has 1 saturated carbocycles. The van der Waals surface area contributed by atoms with Gasteiger partial charge in [0.2, 0.25) is 0 Å². The first-order valence-corrected chi connectivity index (χ1v) is 12.5. The normalized spacial score (nSPS) is 18.6. The molecule has 0 bridgehead atoms. The van der Waals surface area contributed by atoms with Crippen molar-refractivity contribution < 1.29 is 4.79 Å². The highest BCUT2D eigenvalue weighted by atomic mass is 16.2. The average Bonchev–Trinajstić information content (AvgIpc) is 2.81. The first kappa shape index (κ1) is 22.7. The van der Waals surface area contributed by atoms with Crippen LogP contribution in [0.15, 0.2) is 59.7 Å². The fourth-order valence-corrected chi connectivity index (χ4v) is 4.94. The minimum atomic E-state index is -0.104. The van der Waals surface area contributed by atoms with Crippen LogP contribution < -0.4 is 5.43 Å². The summed E-state index contributed by atoms with van der Waals surface area (Å²) >= 11 is 0. The third-order valence-corrected chi connectivity index (χ3v) is 6.94. The largest absolute Gasteiger partial charge is 0.299 e. The van der Waals surface area contributed by atoms with E-state index in [2.05, 4.69) is 57.9 Å². The Morgan fingerprint density at radius 2 is 1.50 bits per heavy atom. The van der Waals surface area contributed by atoms with Gasteiger partial charge in [-0.1, -0.05) is 61.7 Å². The predicted molar refractivity (Wildman–Crippen MR) is 132 cm³/mol. The minimum absolute atomic E-state index is 0.104. The quantitative estimate of drug-likeness (QED) is 0.573. The van der Waals surface area contributed by atoms with Crippen molar-refractivity contribution in [3.05, 3.63) is 71.3 Å². The van der Waals surface area contributed by atoms with Crippen LogP contribution >= 0.6 is 0 Å². The third-order valence-electron chi connectivity index (χ3n) is 6.94. The van der Waals surface area contributed by atoms with Crippen LogP contribution in [0.3, 0.4) is 0 Å². The standard InChI is InChI=1S/C28H37N3O/c32-28(30-29-27-11-7-2-1-3-8-12-27)26-15-13-25(14-16-26)22-31-19-17-24(18-20-31)21-23-9-5-4-6-10-23/h4-6,9-10,13-16,24H,1-3,7-8,11-12,17-22H2,(H,30,32). The van der Waals surface area contributed by atoms with Crippen LogP contribution in [0.5, 0.6) is 0 Å². The lowest BCUT2D eigenvalue weighted by Crippen LogP contribution is -2.33. The van der Waals surface area contributed by atoms with Crippen LogP contribution in [0, 0.1) is 5.92 Å². The number of carbonyl (C=O) groups is 1. The molecule has 170 valence electrons. The predicted octanol–water partition coefficient (Wildman–Crippen LogP) is 5.97. The van der Waals surface area contributed by atoms with E-state index in [0.29, 0.717) is 5.56 Å². The molecule has 1 saturated heterocycles. The number of hydrogen-bond acceptors (Lipinski definition) is 3. The van der Waals surface area contributed by atoms with Crippen molar-refractivity contribution in [2.45, 2.75) is 70.8 Å². The number of nitrogens with one attached hydrogen (secondary N) is 1. The summed E-state index contributed by atoms with van der Waals surface area (Å²) in [5.74, 6) is 0.687. The maximum atomic E-state index is 12.5. The van der Waals surface area contributed by atoms with E-state index in [9.17, 15) is 4.79 Å². The number of hydrogen-bond donors (Lipinski definition) is 1. The number of carbonyl (C=O) groups excluding carboxylic acids is 1. The molecule has 0 unspecified atom stereocenters. The van der Waals surface area contributed by atoms with Gasteiger partial charge in [0.15, 0.2) is 0 Å². The smallest absolute Gasteiger partial charge is 0.271 e. The number of hydrazone groups is 1. The van der Waals surface area contributed by atoms with Gasteiger partial charge in [0.1, 0.15) is 0 Å². The van der Waals surface area contributed by atoms with E-state index in [4.69, 9.17) is 0 Å². The molecule has 4 nitrogen and oxygen atoms in total. The number of rotatable bonds is 6. The van der Waals surface area contributed by atoms with Gasteiger partial charge >= 0.3 is 0 Å². The Labute approximate surface area is 193 Å². The van der Waals surface area contributed by atoms with E-state index in [1.165, 1.54) is 62.5 Å². The van der Waals surface area contributed by atoms with E-state index in [0.717, 1.165) is 44.1 Å². The lowest BCUT2D eigenvalue weighted by molar-refractivity contribution is 0.0954. The van der Waals surface area contributed by atoms with Crippen LogP contribution in [-0.4, -0.2) is 29.6 Å². The average molecular weight is 432 g/mol. The topological polar surface area (TPSA) is 44.7 Å². The van der Waals surface area contributed by atoms with Crippen molar-refractivity contribution in [1.29, 1.82) is 0 Å². The van der Waals surface area contributed by atoms with Gasteiger partial charge in [0, 0.05) is 17.8 Å². The zero-order valence-electron chi connectivity index (χ0n) is 19.3. The van der Waals surface area contributed by atoms with Crippen LogP contribution in [0.25, 0.3) is 0 Å². The summed E-state index contributed by atoms with van der Waals surface area (Å²) in [6.07, 6.45) is 12.0. The molecule has 0 spiro atoms. The van der Waals surface area contributed by atoms with Crippen molar-refractivity contribution in [3.63, 3.8) is 0 Å². The summed E-state index contributed by atoms with van der Waals surface area (Å²) in [7, 11) is 0. The second-order valence-electron chi connectivity index (χ2n) is 9.49. The summed E-state index contributed by atoms with van der Waals surface area (Å²) < 4.78 is 0. The molecule has 1 amide bonds. The van der Waals surface area contributed by atoms with Gasteiger partial charge in [0.05, 0.1) is 0 Å². The maximum Gasteiger partial charge on any atom is 0.271 e. The van der Waals surface area contributed by atoms with Gasteiger partial charge in [0.25, 0.3) is 5.91 Å². The van der Waals surface area contributed by atoms with Gasteiger partial charge in [-0.3, -0.25) is 9.69 Å². The van der Waals surface area contributed by atoms with Gasteiger partial charge in [-0.15, -0.1) is 0 Å². The molecular formula is C28H37N3O. The molecule has 0 aromatic heterocycles. The molecule has 4 rings (SSSR count). The van der Waals surface area contributed by atoms with E-state index in [-0.39, 0.29) is 5.91 Å². The molecule has 1 heterocycles. The van der Waals surface area contributed by atoms with Crippen molar-refractivity contribution in [2.24, 2.45) is 11.0 Å². The highest BCUT2D eigenvalue weighted by Crippen LogP contribution is 2.23. The van der Waals surface area contributed by atoms with Crippen LogP contribution in [0.2, 0.25) is 0 Å². The Morgan fingerprint density at radius 1 is 0.844 bits per heavy atom. The maximum absolute atomic E-state index is 12.5. The molecule has 1 aliphatic heterocycles. The van der Waals surface area contributed by atoms with E-state index in [1.54, 1.807) is 0 Å². The number of piperidine rings is 1. The lowest BCUT2D eigenvalue weighted by atomic mass is 9.90. The van der Waals surface area contributed by atoms with Crippen molar-refractivity contribution >= 4 is 11.6 Å². The SMILES string of the molecule is O=C(NN=C1CCCCCCC1)c1ccc(CN2CCC(Cc3ccccc3)CC2)cc1. The van der Waals surface area contributed by atoms with Crippen molar-refractivity contribution in [3.8, 4) is 0 Å². The minimum Gasteiger partial charge on any atom is -0.299 e. The van der Waals surface area contributed by atoms with Gasteiger partial charge in [-0.2, -0.15) is 5.10 Å². The van der Waals surface area contributed by atoms with Gasteiger partial charge in [-0.25, -0.2) is 5.43 Å². The molecular weight excluding hydrogens is 394 g/mol. The molecule has 1 aliphatic carbocycles. The number of likely N-dealkylation sites (tertiary alicyclic amines) is 1. The van der Waals surface area contributed by atoms with E-state index >= 15 is 0 Å². The number of nitrogens with zero attached hydrogens (tertiary/aromatic N) is 2. The first-order valence-electron chi connectivity index (χ1n) is 12.5. The zero-order chi connectivity index (χ0) is 22.0.